The molecule has 0 aliphatic carbocycles. The molecule has 180 valence electrons. The zero-order valence-electron chi connectivity index (χ0n) is 17.6. The molecule has 0 fully saturated rings. The molecule has 1 N–H and O–H groups in total. The van der Waals surface area contributed by atoms with Crippen LogP contribution in [0.4, 0.5) is 22.0 Å². The lowest BCUT2D eigenvalue weighted by Crippen LogP contribution is -2.48. The van der Waals surface area contributed by atoms with E-state index in [1.807, 2.05) is 0 Å². The van der Waals surface area contributed by atoms with Crippen molar-refractivity contribution in [1.29, 1.82) is 0 Å². The highest BCUT2D eigenvalue weighted by Crippen LogP contribution is 2.27. The van der Waals surface area contributed by atoms with Crippen molar-refractivity contribution in [2.45, 2.75) is 12.4 Å². The highest BCUT2D eigenvalue weighted by Gasteiger charge is 2.31. The zero-order chi connectivity index (χ0) is 25.2. The van der Waals surface area contributed by atoms with Crippen molar-refractivity contribution in [3.05, 3.63) is 99.6 Å². The Morgan fingerprint density at radius 2 is 1.43 bits per heavy atom. The number of alkyl halides is 3. The summed E-state index contributed by atoms with van der Waals surface area (Å²) in [6.45, 7) is -0.629. The molecule has 3 aromatic rings. The summed E-state index contributed by atoms with van der Waals surface area (Å²) < 4.78 is 69.1. The molecule has 0 saturated carbocycles. The molecule has 1 unspecified atom stereocenters. The van der Waals surface area contributed by atoms with Crippen molar-refractivity contribution in [2.24, 2.45) is 10.2 Å². The van der Waals surface area contributed by atoms with Crippen LogP contribution < -0.4 is 10.1 Å². The molecule has 0 amide bonds. The largest absolute Gasteiger partial charge is 0.573 e. The molecule has 0 radical (unpaired) electrons. The van der Waals surface area contributed by atoms with Gasteiger partial charge in [-0.05, 0) is 35.4 Å². The van der Waals surface area contributed by atoms with E-state index in [0.29, 0.717) is 16.7 Å². The van der Waals surface area contributed by atoms with Gasteiger partial charge in [-0.3, -0.25) is 10.1 Å². The Morgan fingerprint density at radius 3 is 1.97 bits per heavy atom. The van der Waals surface area contributed by atoms with Crippen LogP contribution in [-0.4, -0.2) is 35.4 Å². The van der Waals surface area contributed by atoms with E-state index >= 15 is 0 Å². The monoisotopic (exact) mass is 490 g/mol. The van der Waals surface area contributed by atoms with Gasteiger partial charge in [0.15, 0.2) is 5.84 Å². The number of nitrogens with one attached hydrogen (secondary N) is 1. The van der Waals surface area contributed by atoms with Crippen LogP contribution in [0.15, 0.2) is 76.9 Å². The summed E-state index contributed by atoms with van der Waals surface area (Å²) in [5.74, 6) is -2.42. The molecule has 1 aliphatic heterocycles. The second-order valence-corrected chi connectivity index (χ2v) is 7.39. The van der Waals surface area contributed by atoms with Gasteiger partial charge in [0.1, 0.15) is 23.4 Å². The smallest absolute Gasteiger partial charge is 0.406 e. The predicted molar refractivity (Wildman–Crippen MR) is 117 cm³/mol. The first-order chi connectivity index (χ1) is 16.6. The maximum absolute atomic E-state index is 14.1. The summed E-state index contributed by atoms with van der Waals surface area (Å²) in [5, 5.41) is 21.8. The minimum atomic E-state index is -4.79. The van der Waals surface area contributed by atoms with Crippen LogP contribution in [0.3, 0.4) is 0 Å². The molecule has 1 atom stereocenters. The molecule has 0 aromatic heterocycles. The molecule has 7 nitrogen and oxygen atoms in total. The first-order valence-electron chi connectivity index (χ1n) is 10.1. The number of nitro groups is 1. The summed E-state index contributed by atoms with van der Waals surface area (Å²) in [4.78, 5) is 10.6. The summed E-state index contributed by atoms with van der Waals surface area (Å²) in [5.41, 5.74) is 1.42. The SMILES string of the molecule is O=[N+]([O-])CC1NC(c2c(F)cccc2F)=NN=C1c1ccc(-c2ccc(OC(F)(F)F)cc2)cc1. The van der Waals surface area contributed by atoms with Crippen molar-refractivity contribution in [3.8, 4) is 16.9 Å². The summed E-state index contributed by atoms with van der Waals surface area (Å²) in [6.07, 6.45) is -4.79. The summed E-state index contributed by atoms with van der Waals surface area (Å²) >= 11 is 0. The number of benzene rings is 3. The quantitative estimate of drug-likeness (QED) is 0.302. The average molecular weight is 490 g/mol. The standard InChI is InChI=1S/C23H15F5N4O3/c24-17-2-1-3-18(25)20(17)22-29-19(12-32(33)34)21(30-31-22)15-6-4-13(5-7-15)14-8-10-16(11-9-14)35-23(26,27)28/h1-11,19H,12H2,(H,29,31). The number of ether oxygens (including phenoxy) is 1. The number of nitrogens with zero attached hydrogens (tertiary/aromatic N) is 3. The van der Waals surface area contributed by atoms with Gasteiger partial charge in [0, 0.05) is 10.5 Å². The molecule has 4 rings (SSSR count). The maximum Gasteiger partial charge on any atom is 0.573 e. The molecule has 0 bridgehead atoms. The zero-order valence-corrected chi connectivity index (χ0v) is 17.6. The van der Waals surface area contributed by atoms with Crippen molar-refractivity contribution >= 4 is 11.5 Å². The van der Waals surface area contributed by atoms with Crippen molar-refractivity contribution in [2.75, 3.05) is 6.54 Å². The average Bonchev–Trinajstić information content (AvgIpc) is 2.78. The van der Waals surface area contributed by atoms with Crippen molar-refractivity contribution in [1.82, 2.24) is 5.32 Å². The second kappa shape index (κ2) is 9.49. The predicted octanol–water partition coefficient (Wildman–Crippen LogP) is 4.93. The van der Waals surface area contributed by atoms with E-state index in [4.69, 9.17) is 0 Å². The van der Waals surface area contributed by atoms with Gasteiger partial charge in [-0.15, -0.1) is 18.3 Å². The Labute approximate surface area is 194 Å². The third-order valence-corrected chi connectivity index (χ3v) is 5.03. The number of amidine groups is 1. The first kappa shape index (κ1) is 23.8. The van der Waals surface area contributed by atoms with E-state index in [-0.39, 0.29) is 17.3 Å². The Balaban J connectivity index is 1.62. The van der Waals surface area contributed by atoms with Gasteiger partial charge in [0.2, 0.25) is 6.54 Å². The lowest BCUT2D eigenvalue weighted by molar-refractivity contribution is -0.480. The van der Waals surface area contributed by atoms with E-state index in [2.05, 4.69) is 20.3 Å². The fourth-order valence-electron chi connectivity index (χ4n) is 3.50. The molecule has 0 spiro atoms. The lowest BCUT2D eigenvalue weighted by Gasteiger charge is -2.23. The van der Waals surface area contributed by atoms with Gasteiger partial charge in [0.25, 0.3) is 0 Å². The number of hydrogen-bond acceptors (Lipinski definition) is 6. The number of rotatable bonds is 6. The fourth-order valence-corrected chi connectivity index (χ4v) is 3.50. The minimum absolute atomic E-state index is 0.183. The summed E-state index contributed by atoms with van der Waals surface area (Å²) in [6, 6.07) is 14.0. The highest BCUT2D eigenvalue weighted by atomic mass is 19.4. The highest BCUT2D eigenvalue weighted by molar-refractivity contribution is 6.11. The van der Waals surface area contributed by atoms with Crippen LogP contribution >= 0.6 is 0 Å². The van der Waals surface area contributed by atoms with Crippen LogP contribution in [0.25, 0.3) is 11.1 Å². The van der Waals surface area contributed by atoms with Gasteiger partial charge < -0.3 is 10.1 Å². The third-order valence-electron chi connectivity index (χ3n) is 5.03. The topological polar surface area (TPSA) is 89.1 Å². The maximum atomic E-state index is 14.1. The van der Waals surface area contributed by atoms with Gasteiger partial charge >= 0.3 is 6.36 Å². The van der Waals surface area contributed by atoms with E-state index < -0.39 is 41.1 Å². The fraction of sp³-hybridized carbons (Fsp3) is 0.130. The molecule has 12 heteroatoms. The van der Waals surface area contributed by atoms with Crippen LogP contribution in [0, 0.1) is 21.7 Å². The Kier molecular flexibility index (Phi) is 6.45. The number of hydrogen-bond donors (Lipinski definition) is 1. The summed E-state index contributed by atoms with van der Waals surface area (Å²) in [7, 11) is 0. The molecule has 1 heterocycles. The molecular formula is C23H15F5N4O3. The van der Waals surface area contributed by atoms with Crippen molar-refractivity contribution < 1.29 is 31.6 Å². The van der Waals surface area contributed by atoms with Crippen LogP contribution in [0.5, 0.6) is 5.75 Å². The Morgan fingerprint density at radius 1 is 0.886 bits per heavy atom. The van der Waals surface area contributed by atoms with E-state index in [0.717, 1.165) is 12.1 Å². The first-order valence-corrected chi connectivity index (χ1v) is 10.1. The number of halogens is 5. The van der Waals surface area contributed by atoms with E-state index in [1.165, 1.54) is 30.3 Å². The Hall–Kier alpha value is -4.35. The van der Waals surface area contributed by atoms with Crippen LogP contribution in [-0.2, 0) is 0 Å². The van der Waals surface area contributed by atoms with Crippen LogP contribution in [0.1, 0.15) is 11.1 Å². The molecule has 0 saturated heterocycles. The van der Waals surface area contributed by atoms with E-state index in [9.17, 15) is 32.1 Å². The minimum Gasteiger partial charge on any atom is -0.406 e. The molecule has 3 aromatic carbocycles. The van der Waals surface area contributed by atoms with Gasteiger partial charge in [-0.1, -0.05) is 42.5 Å². The van der Waals surface area contributed by atoms with Crippen molar-refractivity contribution in [3.63, 3.8) is 0 Å². The third kappa shape index (κ3) is 5.60. The van der Waals surface area contributed by atoms with Gasteiger partial charge in [0.05, 0.1) is 11.3 Å². The normalized spacial score (nSPS) is 15.6. The second-order valence-electron chi connectivity index (χ2n) is 7.39. The molecule has 1 aliphatic rings. The van der Waals surface area contributed by atoms with E-state index in [1.54, 1.807) is 24.3 Å². The van der Waals surface area contributed by atoms with Gasteiger partial charge in [-0.25, -0.2) is 8.78 Å². The van der Waals surface area contributed by atoms with Gasteiger partial charge in [-0.2, -0.15) is 5.10 Å². The Bertz CT molecular complexity index is 1290. The van der Waals surface area contributed by atoms with Crippen LogP contribution in [0.2, 0.25) is 0 Å². The molecular weight excluding hydrogens is 475 g/mol. The molecule has 35 heavy (non-hydrogen) atoms. The lowest BCUT2D eigenvalue weighted by atomic mass is 9.98.